The van der Waals surface area contributed by atoms with Gasteiger partial charge in [-0.25, -0.2) is 4.99 Å². The van der Waals surface area contributed by atoms with Crippen molar-refractivity contribution in [3.8, 4) is 0 Å². The molecule has 6 nitrogen and oxygen atoms in total. The molecule has 2 fully saturated rings. The number of hydrogen-bond donors (Lipinski definition) is 2. The van der Waals surface area contributed by atoms with E-state index in [4.69, 9.17) is 4.99 Å². The maximum atomic E-state index is 4.85. The Bertz CT molecular complexity index is 572. The number of hydrogen-bond acceptors (Lipinski definition) is 3. The number of aromatic nitrogens is 3. The summed E-state index contributed by atoms with van der Waals surface area (Å²) in [4.78, 5) is 4.85. The second-order valence-corrected chi connectivity index (χ2v) is 7.98. The van der Waals surface area contributed by atoms with Crippen LogP contribution in [0.5, 0.6) is 0 Å². The lowest BCUT2D eigenvalue weighted by molar-refractivity contribution is 0.321. The fourth-order valence-corrected chi connectivity index (χ4v) is 4.07. The monoisotopic (exact) mass is 346 g/mol. The molecular weight excluding hydrogens is 312 g/mol. The first kappa shape index (κ1) is 18.2. The normalized spacial score (nSPS) is 25.8. The summed E-state index contributed by atoms with van der Waals surface area (Å²) in [6.45, 7) is 4.91. The van der Waals surface area contributed by atoms with E-state index in [0.717, 1.165) is 23.5 Å². The first-order valence-corrected chi connectivity index (χ1v) is 10.0. The van der Waals surface area contributed by atoms with Gasteiger partial charge in [-0.1, -0.05) is 39.0 Å². The first-order chi connectivity index (χ1) is 12.1. The van der Waals surface area contributed by atoms with Crippen LogP contribution in [0.3, 0.4) is 0 Å². The molecule has 0 amide bonds. The minimum Gasteiger partial charge on any atom is -0.354 e. The molecule has 2 atom stereocenters. The number of aliphatic imine (C=N–C) groups is 1. The average molecular weight is 347 g/mol. The third-order valence-electron chi connectivity index (χ3n) is 5.78. The zero-order valence-corrected chi connectivity index (χ0v) is 16.1. The van der Waals surface area contributed by atoms with Gasteiger partial charge in [-0.15, -0.1) is 10.2 Å². The standard InChI is InChI=1S/C19H34N6/c1-14-8-7-11-17(12-14)22-19(21-16-9-5-4-6-10-16)20-13-18-24-23-15(2)25(18)3/h14,16-17H,4-13H2,1-3H3,(H2,20,21,22). The highest BCUT2D eigenvalue weighted by Crippen LogP contribution is 2.23. The van der Waals surface area contributed by atoms with Crippen LogP contribution in [0.2, 0.25) is 0 Å². The van der Waals surface area contributed by atoms with Gasteiger partial charge in [0.15, 0.2) is 11.8 Å². The van der Waals surface area contributed by atoms with Gasteiger partial charge in [-0.2, -0.15) is 0 Å². The Morgan fingerprint density at radius 2 is 1.76 bits per heavy atom. The van der Waals surface area contributed by atoms with E-state index in [2.05, 4.69) is 27.8 Å². The van der Waals surface area contributed by atoms with Crippen molar-refractivity contribution in [2.75, 3.05) is 0 Å². The summed E-state index contributed by atoms with van der Waals surface area (Å²) in [7, 11) is 2.00. The van der Waals surface area contributed by atoms with E-state index in [9.17, 15) is 0 Å². The van der Waals surface area contributed by atoms with E-state index in [1.54, 1.807) is 0 Å². The molecule has 2 aliphatic carbocycles. The molecule has 140 valence electrons. The van der Waals surface area contributed by atoms with E-state index in [1.165, 1.54) is 57.8 Å². The van der Waals surface area contributed by atoms with Crippen molar-refractivity contribution >= 4 is 5.96 Å². The molecule has 25 heavy (non-hydrogen) atoms. The second kappa shape index (κ2) is 8.68. The quantitative estimate of drug-likeness (QED) is 0.649. The van der Waals surface area contributed by atoms with Crippen molar-refractivity contribution in [1.82, 2.24) is 25.4 Å². The van der Waals surface area contributed by atoms with E-state index >= 15 is 0 Å². The summed E-state index contributed by atoms with van der Waals surface area (Å²) in [5.74, 6) is 3.62. The van der Waals surface area contributed by atoms with E-state index in [-0.39, 0.29) is 0 Å². The summed E-state index contributed by atoms with van der Waals surface area (Å²) in [5, 5.41) is 15.8. The summed E-state index contributed by atoms with van der Waals surface area (Å²) in [6, 6.07) is 1.10. The van der Waals surface area contributed by atoms with Crippen LogP contribution >= 0.6 is 0 Å². The smallest absolute Gasteiger partial charge is 0.192 e. The topological polar surface area (TPSA) is 67.1 Å². The predicted molar refractivity (Wildman–Crippen MR) is 101 cm³/mol. The minimum absolute atomic E-state index is 0.542. The predicted octanol–water partition coefficient (Wildman–Crippen LogP) is 3.07. The molecule has 3 rings (SSSR count). The van der Waals surface area contributed by atoms with Crippen LogP contribution in [0.25, 0.3) is 0 Å². The van der Waals surface area contributed by atoms with Crippen LogP contribution in [0.1, 0.15) is 76.4 Å². The van der Waals surface area contributed by atoms with Crippen LogP contribution in [-0.2, 0) is 13.6 Å². The molecule has 0 aromatic carbocycles. The molecule has 0 bridgehead atoms. The second-order valence-electron chi connectivity index (χ2n) is 7.98. The zero-order chi connectivity index (χ0) is 17.6. The van der Waals surface area contributed by atoms with Crippen LogP contribution in [-0.4, -0.2) is 32.8 Å². The molecule has 0 aliphatic heterocycles. The fraction of sp³-hybridized carbons (Fsp3) is 0.842. The Labute approximate surface area is 151 Å². The molecule has 0 spiro atoms. The maximum absolute atomic E-state index is 4.85. The van der Waals surface area contributed by atoms with Crippen LogP contribution in [0.4, 0.5) is 0 Å². The summed E-state index contributed by atoms with van der Waals surface area (Å²) in [6.07, 6.45) is 11.7. The van der Waals surface area contributed by atoms with Crippen molar-refractivity contribution in [2.45, 2.75) is 90.3 Å². The Kier molecular flexibility index (Phi) is 6.32. The fourth-order valence-electron chi connectivity index (χ4n) is 4.07. The lowest BCUT2D eigenvalue weighted by Crippen LogP contribution is -2.49. The van der Waals surface area contributed by atoms with Gasteiger partial charge in [0.05, 0.1) is 0 Å². The van der Waals surface area contributed by atoms with Gasteiger partial charge >= 0.3 is 0 Å². The molecule has 2 aliphatic rings. The lowest BCUT2D eigenvalue weighted by Gasteiger charge is -2.31. The van der Waals surface area contributed by atoms with Crippen molar-refractivity contribution < 1.29 is 0 Å². The third kappa shape index (κ3) is 5.19. The lowest BCUT2D eigenvalue weighted by atomic mass is 9.87. The van der Waals surface area contributed by atoms with Crippen LogP contribution in [0.15, 0.2) is 4.99 Å². The molecule has 1 aromatic rings. The SMILES string of the molecule is Cc1nnc(CN=C(NC2CCCCC2)NC2CCCC(C)C2)n1C. The van der Waals surface area contributed by atoms with Crippen molar-refractivity contribution in [2.24, 2.45) is 18.0 Å². The summed E-state index contributed by atoms with van der Waals surface area (Å²) >= 11 is 0. The molecule has 2 saturated carbocycles. The molecule has 1 aromatic heterocycles. The van der Waals surface area contributed by atoms with Gasteiger partial charge in [-0.05, 0) is 38.5 Å². The molecule has 0 saturated heterocycles. The zero-order valence-electron chi connectivity index (χ0n) is 16.1. The van der Waals surface area contributed by atoms with Crippen LogP contribution in [0, 0.1) is 12.8 Å². The maximum Gasteiger partial charge on any atom is 0.192 e. The Balaban J connectivity index is 1.66. The largest absolute Gasteiger partial charge is 0.354 e. The van der Waals surface area contributed by atoms with Crippen molar-refractivity contribution in [3.05, 3.63) is 11.6 Å². The van der Waals surface area contributed by atoms with E-state index in [1.807, 2.05) is 18.5 Å². The number of nitrogens with zero attached hydrogens (tertiary/aromatic N) is 4. The Morgan fingerprint density at radius 1 is 1.04 bits per heavy atom. The average Bonchev–Trinajstić information content (AvgIpc) is 2.92. The molecule has 2 unspecified atom stereocenters. The molecule has 1 heterocycles. The van der Waals surface area contributed by atoms with Crippen molar-refractivity contribution in [1.29, 1.82) is 0 Å². The molecule has 0 radical (unpaired) electrons. The van der Waals surface area contributed by atoms with Gasteiger partial charge in [0.1, 0.15) is 12.4 Å². The number of nitrogens with one attached hydrogen (secondary N) is 2. The summed E-state index contributed by atoms with van der Waals surface area (Å²) in [5.41, 5.74) is 0. The van der Waals surface area contributed by atoms with Gasteiger partial charge < -0.3 is 15.2 Å². The Hall–Kier alpha value is -1.59. The van der Waals surface area contributed by atoms with E-state index in [0.29, 0.717) is 18.6 Å². The highest BCUT2D eigenvalue weighted by Gasteiger charge is 2.21. The highest BCUT2D eigenvalue weighted by molar-refractivity contribution is 5.80. The first-order valence-electron chi connectivity index (χ1n) is 10.0. The summed E-state index contributed by atoms with van der Waals surface area (Å²) < 4.78 is 2.02. The minimum atomic E-state index is 0.542. The number of aryl methyl sites for hydroxylation is 1. The van der Waals surface area contributed by atoms with Crippen LogP contribution < -0.4 is 10.6 Å². The third-order valence-corrected chi connectivity index (χ3v) is 5.78. The van der Waals surface area contributed by atoms with E-state index < -0.39 is 0 Å². The molecule has 6 heteroatoms. The van der Waals surface area contributed by atoms with Gasteiger partial charge in [0.25, 0.3) is 0 Å². The number of rotatable bonds is 4. The van der Waals surface area contributed by atoms with Gasteiger partial charge in [0.2, 0.25) is 0 Å². The van der Waals surface area contributed by atoms with Gasteiger partial charge in [0, 0.05) is 19.1 Å². The number of guanidine groups is 1. The molecule has 2 N–H and O–H groups in total. The van der Waals surface area contributed by atoms with Crippen molar-refractivity contribution in [3.63, 3.8) is 0 Å². The molecular formula is C19H34N6. The highest BCUT2D eigenvalue weighted by atomic mass is 15.3. The Morgan fingerprint density at radius 3 is 2.44 bits per heavy atom. The van der Waals surface area contributed by atoms with Gasteiger partial charge in [-0.3, -0.25) is 0 Å².